The molecule has 5 heteroatoms. The Morgan fingerprint density at radius 2 is 2.26 bits per heavy atom. The molecule has 0 amide bonds. The summed E-state index contributed by atoms with van der Waals surface area (Å²) in [5.41, 5.74) is 0.759. The van der Waals surface area contributed by atoms with Crippen LogP contribution in [0.5, 0.6) is 0 Å². The highest BCUT2D eigenvalue weighted by atomic mass is 19.1. The molecule has 1 aliphatic carbocycles. The summed E-state index contributed by atoms with van der Waals surface area (Å²) in [4.78, 5) is 18.5. The van der Waals surface area contributed by atoms with Gasteiger partial charge in [0.2, 0.25) is 0 Å². The minimum Gasteiger partial charge on any atom is -0.478 e. The predicted molar refractivity (Wildman–Crippen MR) is 68.8 cm³/mol. The van der Waals surface area contributed by atoms with E-state index in [2.05, 4.69) is 16.9 Å². The van der Waals surface area contributed by atoms with E-state index in [1.807, 2.05) is 0 Å². The van der Waals surface area contributed by atoms with Crippen LogP contribution in [0, 0.1) is 11.7 Å². The molecule has 1 aromatic carbocycles. The largest absolute Gasteiger partial charge is 0.478 e. The minimum absolute atomic E-state index is 0.329. The van der Waals surface area contributed by atoms with E-state index in [1.165, 1.54) is 25.0 Å². The molecule has 100 valence electrons. The van der Waals surface area contributed by atoms with Crippen molar-refractivity contribution in [3.63, 3.8) is 0 Å². The van der Waals surface area contributed by atoms with E-state index >= 15 is 0 Å². The number of carboxylic acids is 1. The molecule has 2 N–H and O–H groups in total. The fraction of sp³-hybridized carbons (Fsp3) is 0.429. The van der Waals surface area contributed by atoms with Crippen LogP contribution in [-0.2, 0) is 0 Å². The van der Waals surface area contributed by atoms with Gasteiger partial charge in [0.1, 0.15) is 11.6 Å². The molecule has 4 nitrogen and oxygen atoms in total. The number of H-pyrrole nitrogens is 1. The smallest absolute Gasteiger partial charge is 0.338 e. The number of halogens is 1. The van der Waals surface area contributed by atoms with Gasteiger partial charge in [0, 0.05) is 12.0 Å². The summed E-state index contributed by atoms with van der Waals surface area (Å²) in [5, 5.41) is 8.91. The molecular formula is C14H15FN2O2. The summed E-state index contributed by atoms with van der Waals surface area (Å²) < 4.78 is 13.6. The molecular weight excluding hydrogens is 247 g/mol. The van der Waals surface area contributed by atoms with Crippen molar-refractivity contribution in [2.24, 2.45) is 5.92 Å². The van der Waals surface area contributed by atoms with Crippen molar-refractivity contribution in [1.82, 2.24) is 9.97 Å². The summed E-state index contributed by atoms with van der Waals surface area (Å²) in [5.74, 6) is -0.220. The quantitative estimate of drug-likeness (QED) is 0.872. The number of nitrogens with one attached hydrogen (secondary N) is 1. The van der Waals surface area contributed by atoms with Crippen LogP contribution in [0.15, 0.2) is 12.1 Å². The number of nitrogens with zero attached hydrogens (tertiary/aromatic N) is 1. The number of aromatic carboxylic acids is 1. The lowest BCUT2D eigenvalue weighted by Crippen LogP contribution is -2.03. The summed E-state index contributed by atoms with van der Waals surface area (Å²) in [6.07, 6.45) is 3.43. The molecule has 2 aromatic rings. The van der Waals surface area contributed by atoms with Crippen molar-refractivity contribution < 1.29 is 14.3 Å². The first-order chi connectivity index (χ1) is 9.06. The average Bonchev–Trinajstić information content (AvgIpc) is 2.92. The highest BCUT2D eigenvalue weighted by molar-refractivity contribution is 5.92. The summed E-state index contributed by atoms with van der Waals surface area (Å²) in [7, 11) is 0. The van der Waals surface area contributed by atoms with Crippen LogP contribution in [0.2, 0.25) is 0 Å². The number of carboxylic acid groups (broad SMARTS) is 1. The highest BCUT2D eigenvalue weighted by Crippen LogP contribution is 2.38. The molecule has 1 aliphatic rings. The Bertz CT molecular complexity index is 650. The number of benzene rings is 1. The average molecular weight is 262 g/mol. The first-order valence-electron chi connectivity index (χ1n) is 6.48. The lowest BCUT2D eigenvalue weighted by atomic mass is 9.98. The fourth-order valence-corrected chi connectivity index (χ4v) is 2.94. The van der Waals surface area contributed by atoms with Crippen molar-refractivity contribution in [2.75, 3.05) is 0 Å². The van der Waals surface area contributed by atoms with Gasteiger partial charge < -0.3 is 10.1 Å². The van der Waals surface area contributed by atoms with Crippen LogP contribution in [0.4, 0.5) is 4.39 Å². The third-order valence-corrected chi connectivity index (χ3v) is 4.03. The number of hydrogen-bond donors (Lipinski definition) is 2. The van der Waals surface area contributed by atoms with E-state index in [4.69, 9.17) is 5.11 Å². The third kappa shape index (κ3) is 1.99. The summed E-state index contributed by atoms with van der Waals surface area (Å²) in [6.45, 7) is 2.19. The third-order valence-electron chi connectivity index (χ3n) is 4.03. The van der Waals surface area contributed by atoms with Gasteiger partial charge in [-0.05, 0) is 24.8 Å². The molecule has 1 aromatic heterocycles. The molecule has 0 aliphatic heterocycles. The van der Waals surface area contributed by atoms with Crippen LogP contribution in [0.3, 0.4) is 0 Å². The topological polar surface area (TPSA) is 66.0 Å². The molecule has 3 rings (SSSR count). The van der Waals surface area contributed by atoms with Crippen molar-refractivity contribution >= 4 is 17.0 Å². The number of aromatic amines is 1. The van der Waals surface area contributed by atoms with Crippen LogP contribution in [-0.4, -0.2) is 21.0 Å². The predicted octanol–water partition coefficient (Wildman–Crippen LogP) is 3.30. The first kappa shape index (κ1) is 12.1. The van der Waals surface area contributed by atoms with E-state index in [0.29, 0.717) is 22.9 Å². The Labute approximate surface area is 109 Å². The van der Waals surface area contributed by atoms with Crippen molar-refractivity contribution in [1.29, 1.82) is 0 Å². The number of fused-ring (bicyclic) bond motifs is 1. The second-order valence-electron chi connectivity index (χ2n) is 5.29. The van der Waals surface area contributed by atoms with Gasteiger partial charge in [0.25, 0.3) is 0 Å². The van der Waals surface area contributed by atoms with Crippen molar-refractivity contribution in [3.8, 4) is 0 Å². The van der Waals surface area contributed by atoms with Gasteiger partial charge in [-0.2, -0.15) is 0 Å². The number of rotatable bonds is 2. The number of aromatic nitrogens is 2. The van der Waals surface area contributed by atoms with Crippen LogP contribution < -0.4 is 0 Å². The Kier molecular flexibility index (Phi) is 2.77. The second-order valence-corrected chi connectivity index (χ2v) is 5.29. The zero-order valence-corrected chi connectivity index (χ0v) is 10.6. The Morgan fingerprint density at radius 1 is 1.47 bits per heavy atom. The Hall–Kier alpha value is -1.91. The van der Waals surface area contributed by atoms with Crippen molar-refractivity contribution in [2.45, 2.75) is 32.1 Å². The van der Waals surface area contributed by atoms with Gasteiger partial charge in [0.15, 0.2) is 0 Å². The summed E-state index contributed by atoms with van der Waals surface area (Å²) >= 11 is 0. The SMILES string of the molecule is CC1CCCC1c1nc2cc(C(=O)O)c(F)cc2[nH]1. The Balaban J connectivity index is 2.08. The fourth-order valence-electron chi connectivity index (χ4n) is 2.94. The molecule has 1 saturated carbocycles. The molecule has 19 heavy (non-hydrogen) atoms. The standard InChI is InChI=1S/C14H15FN2O2/c1-7-3-2-4-8(7)13-16-11-5-9(14(18)19)10(15)6-12(11)17-13/h5-8H,2-4H2,1H3,(H,16,17)(H,18,19). The molecule has 0 saturated heterocycles. The molecule has 0 radical (unpaired) electrons. The summed E-state index contributed by atoms with van der Waals surface area (Å²) in [6, 6.07) is 2.52. The zero-order chi connectivity index (χ0) is 13.6. The van der Waals surface area contributed by atoms with Gasteiger partial charge in [-0.15, -0.1) is 0 Å². The van der Waals surface area contributed by atoms with E-state index in [9.17, 15) is 9.18 Å². The number of imidazole rings is 1. The molecule has 0 bridgehead atoms. The van der Waals surface area contributed by atoms with Crippen LogP contribution in [0.1, 0.15) is 48.3 Å². The van der Waals surface area contributed by atoms with Gasteiger partial charge in [-0.3, -0.25) is 0 Å². The molecule has 1 fully saturated rings. The monoisotopic (exact) mass is 262 g/mol. The normalized spacial score (nSPS) is 23.1. The molecule has 0 spiro atoms. The maximum atomic E-state index is 13.6. The van der Waals surface area contributed by atoms with E-state index in [0.717, 1.165) is 12.2 Å². The minimum atomic E-state index is -1.27. The van der Waals surface area contributed by atoms with Gasteiger partial charge in [-0.25, -0.2) is 14.2 Å². The first-order valence-corrected chi connectivity index (χ1v) is 6.48. The second kappa shape index (κ2) is 4.33. The maximum Gasteiger partial charge on any atom is 0.338 e. The van der Waals surface area contributed by atoms with Crippen LogP contribution in [0.25, 0.3) is 11.0 Å². The Morgan fingerprint density at radius 3 is 2.89 bits per heavy atom. The van der Waals surface area contributed by atoms with Crippen molar-refractivity contribution in [3.05, 3.63) is 29.3 Å². The molecule has 2 unspecified atom stereocenters. The van der Waals surface area contributed by atoms with Gasteiger partial charge in [-0.1, -0.05) is 13.3 Å². The number of hydrogen-bond acceptors (Lipinski definition) is 2. The van der Waals surface area contributed by atoms with Crippen LogP contribution >= 0.6 is 0 Å². The zero-order valence-electron chi connectivity index (χ0n) is 10.6. The lowest BCUT2D eigenvalue weighted by Gasteiger charge is -2.11. The lowest BCUT2D eigenvalue weighted by molar-refractivity contribution is 0.0692. The maximum absolute atomic E-state index is 13.6. The van der Waals surface area contributed by atoms with Gasteiger partial charge >= 0.3 is 5.97 Å². The number of carbonyl (C=O) groups is 1. The van der Waals surface area contributed by atoms with E-state index in [1.54, 1.807) is 0 Å². The molecule has 1 heterocycles. The van der Waals surface area contributed by atoms with E-state index < -0.39 is 11.8 Å². The van der Waals surface area contributed by atoms with E-state index in [-0.39, 0.29) is 5.56 Å². The highest BCUT2D eigenvalue weighted by Gasteiger charge is 2.27. The molecule has 2 atom stereocenters. The van der Waals surface area contributed by atoms with Gasteiger partial charge in [0.05, 0.1) is 16.6 Å².